The van der Waals surface area contributed by atoms with Gasteiger partial charge in [-0.3, -0.25) is 9.59 Å². The number of benzene rings is 1. The van der Waals surface area contributed by atoms with Gasteiger partial charge in [0.2, 0.25) is 0 Å². The summed E-state index contributed by atoms with van der Waals surface area (Å²) in [6.07, 6.45) is 16.4. The second-order valence-electron chi connectivity index (χ2n) is 9.34. The Hall–Kier alpha value is -2.46. The van der Waals surface area contributed by atoms with E-state index in [1.54, 1.807) is 6.08 Å². The van der Waals surface area contributed by atoms with Gasteiger partial charge in [0, 0.05) is 18.3 Å². The molecule has 3 atom stereocenters. The molecule has 172 valence electrons. The molecule has 32 heavy (non-hydrogen) atoms. The van der Waals surface area contributed by atoms with Crippen LogP contribution in [-0.2, 0) is 22.4 Å². The monoisotopic (exact) mass is 436 g/mol. The number of rotatable bonds is 12. The van der Waals surface area contributed by atoms with Crippen LogP contribution in [0.4, 0.5) is 0 Å². The van der Waals surface area contributed by atoms with Crippen molar-refractivity contribution in [2.75, 3.05) is 0 Å². The molecular weight excluding hydrogens is 400 g/mol. The smallest absolute Gasteiger partial charge is 0.303 e. The van der Waals surface area contributed by atoms with Crippen LogP contribution in [0.1, 0.15) is 63.0 Å². The Morgan fingerprint density at radius 1 is 1.16 bits per heavy atom. The fraction of sp³-hybridized carbons (Fsp3) is 0.500. The lowest BCUT2D eigenvalue weighted by atomic mass is 9.87. The highest BCUT2D eigenvalue weighted by Crippen LogP contribution is 2.34. The SMILES string of the molecule is CC1=CC(=O)[C@H](CC=CCCCC(=O)O)[C@H]1C=C[C@@H](O)CCCC1Cc2ccccc2C1. The van der Waals surface area contributed by atoms with Gasteiger partial charge in [0.25, 0.3) is 0 Å². The average molecular weight is 437 g/mol. The fourth-order valence-corrected chi connectivity index (χ4v) is 5.02. The van der Waals surface area contributed by atoms with Crippen LogP contribution in [0.2, 0.25) is 0 Å². The molecule has 3 rings (SSSR count). The number of ketones is 1. The molecule has 0 spiro atoms. The number of hydrogen-bond acceptors (Lipinski definition) is 3. The van der Waals surface area contributed by atoms with Gasteiger partial charge in [0.1, 0.15) is 0 Å². The number of carbonyl (C=O) groups excluding carboxylic acids is 1. The Morgan fingerprint density at radius 3 is 2.56 bits per heavy atom. The van der Waals surface area contributed by atoms with Gasteiger partial charge in [-0.1, -0.05) is 60.6 Å². The second-order valence-corrected chi connectivity index (χ2v) is 9.34. The van der Waals surface area contributed by atoms with E-state index in [0.717, 1.165) is 37.7 Å². The minimum atomic E-state index is -0.777. The number of carboxylic acids is 1. The number of aliphatic hydroxyl groups excluding tert-OH is 1. The molecule has 0 unspecified atom stereocenters. The third kappa shape index (κ3) is 7.03. The summed E-state index contributed by atoms with van der Waals surface area (Å²) in [6, 6.07) is 8.69. The van der Waals surface area contributed by atoms with Gasteiger partial charge >= 0.3 is 5.97 Å². The Bertz CT molecular complexity index is 854. The molecule has 2 aliphatic rings. The maximum Gasteiger partial charge on any atom is 0.303 e. The highest BCUT2D eigenvalue weighted by molar-refractivity contribution is 5.96. The largest absolute Gasteiger partial charge is 0.481 e. The van der Waals surface area contributed by atoms with Gasteiger partial charge in [-0.15, -0.1) is 0 Å². The van der Waals surface area contributed by atoms with E-state index in [1.807, 2.05) is 31.2 Å². The van der Waals surface area contributed by atoms with Crippen molar-refractivity contribution in [2.24, 2.45) is 17.8 Å². The van der Waals surface area contributed by atoms with Crippen molar-refractivity contribution in [3.8, 4) is 0 Å². The number of unbranched alkanes of at least 4 members (excludes halogenated alkanes) is 1. The average Bonchev–Trinajstić information content (AvgIpc) is 3.28. The molecule has 0 saturated carbocycles. The number of fused-ring (bicyclic) bond motifs is 1. The van der Waals surface area contributed by atoms with Crippen molar-refractivity contribution in [2.45, 2.75) is 70.8 Å². The van der Waals surface area contributed by atoms with Crippen LogP contribution in [0.15, 0.2) is 60.2 Å². The molecule has 0 bridgehead atoms. The van der Waals surface area contributed by atoms with E-state index in [4.69, 9.17) is 5.11 Å². The van der Waals surface area contributed by atoms with Gasteiger partial charge in [0.05, 0.1) is 6.10 Å². The van der Waals surface area contributed by atoms with E-state index >= 15 is 0 Å². The summed E-state index contributed by atoms with van der Waals surface area (Å²) in [5, 5.41) is 19.1. The second kappa shape index (κ2) is 12.0. The first kappa shape index (κ1) is 24.2. The summed E-state index contributed by atoms with van der Waals surface area (Å²) in [5.74, 6) is -0.0342. The van der Waals surface area contributed by atoms with Crippen LogP contribution >= 0.6 is 0 Å². The molecule has 4 heteroatoms. The topological polar surface area (TPSA) is 74.6 Å². The van der Waals surface area contributed by atoms with Crippen LogP contribution in [-0.4, -0.2) is 28.1 Å². The van der Waals surface area contributed by atoms with Gasteiger partial charge in [-0.2, -0.15) is 0 Å². The quantitative estimate of drug-likeness (QED) is 0.337. The maximum absolute atomic E-state index is 12.4. The summed E-state index contributed by atoms with van der Waals surface area (Å²) >= 11 is 0. The molecule has 4 nitrogen and oxygen atoms in total. The molecule has 1 aromatic rings. The molecule has 0 saturated heterocycles. The normalized spacial score (nSPS) is 22.1. The lowest BCUT2D eigenvalue weighted by Crippen LogP contribution is -2.15. The molecule has 2 N–H and O–H groups in total. The van der Waals surface area contributed by atoms with Crippen molar-refractivity contribution >= 4 is 11.8 Å². The van der Waals surface area contributed by atoms with Crippen LogP contribution in [0, 0.1) is 17.8 Å². The van der Waals surface area contributed by atoms with E-state index in [-0.39, 0.29) is 24.0 Å². The number of allylic oxidation sites excluding steroid dienone is 5. The maximum atomic E-state index is 12.4. The predicted molar refractivity (Wildman–Crippen MR) is 127 cm³/mol. The third-order valence-corrected chi connectivity index (χ3v) is 6.80. The van der Waals surface area contributed by atoms with Gasteiger partial charge in [-0.05, 0) is 75.0 Å². The first-order chi connectivity index (χ1) is 15.4. The highest BCUT2D eigenvalue weighted by Gasteiger charge is 2.31. The van der Waals surface area contributed by atoms with E-state index < -0.39 is 12.1 Å². The molecule has 0 aliphatic heterocycles. The Balaban J connectivity index is 1.40. The summed E-state index contributed by atoms with van der Waals surface area (Å²) in [6.45, 7) is 1.98. The highest BCUT2D eigenvalue weighted by atomic mass is 16.4. The first-order valence-electron chi connectivity index (χ1n) is 12.0. The van der Waals surface area contributed by atoms with Crippen molar-refractivity contribution in [1.29, 1.82) is 0 Å². The van der Waals surface area contributed by atoms with Crippen LogP contribution in [0.5, 0.6) is 0 Å². The van der Waals surface area contributed by atoms with Crippen molar-refractivity contribution in [3.63, 3.8) is 0 Å². The van der Waals surface area contributed by atoms with E-state index in [9.17, 15) is 14.7 Å². The Morgan fingerprint density at radius 2 is 1.88 bits per heavy atom. The number of hydrogen-bond donors (Lipinski definition) is 2. The number of carbonyl (C=O) groups is 2. The minimum Gasteiger partial charge on any atom is -0.481 e. The number of aliphatic hydroxyl groups is 1. The summed E-state index contributed by atoms with van der Waals surface area (Å²) < 4.78 is 0. The van der Waals surface area contributed by atoms with Crippen LogP contribution in [0.3, 0.4) is 0 Å². The van der Waals surface area contributed by atoms with Crippen molar-refractivity contribution < 1.29 is 19.8 Å². The molecule has 0 radical (unpaired) electrons. The number of carboxylic acid groups (broad SMARTS) is 1. The van der Waals surface area contributed by atoms with Crippen molar-refractivity contribution in [3.05, 3.63) is 71.3 Å². The van der Waals surface area contributed by atoms with E-state index in [0.29, 0.717) is 25.2 Å². The molecule has 0 fully saturated rings. The first-order valence-corrected chi connectivity index (χ1v) is 12.0. The van der Waals surface area contributed by atoms with E-state index in [1.165, 1.54) is 11.1 Å². The van der Waals surface area contributed by atoms with Gasteiger partial charge < -0.3 is 10.2 Å². The molecule has 0 amide bonds. The summed E-state index contributed by atoms with van der Waals surface area (Å²) in [5.41, 5.74) is 4.01. The van der Waals surface area contributed by atoms with Crippen molar-refractivity contribution in [1.82, 2.24) is 0 Å². The summed E-state index contributed by atoms with van der Waals surface area (Å²) in [4.78, 5) is 22.9. The lowest BCUT2D eigenvalue weighted by molar-refractivity contribution is -0.137. The van der Waals surface area contributed by atoms with Gasteiger partial charge in [0.15, 0.2) is 5.78 Å². The Labute approximate surface area is 191 Å². The molecule has 0 heterocycles. The fourth-order valence-electron chi connectivity index (χ4n) is 5.02. The third-order valence-electron chi connectivity index (χ3n) is 6.80. The van der Waals surface area contributed by atoms with Crippen LogP contribution in [0.25, 0.3) is 0 Å². The van der Waals surface area contributed by atoms with Gasteiger partial charge in [-0.25, -0.2) is 0 Å². The zero-order valence-electron chi connectivity index (χ0n) is 19.1. The molecule has 0 aromatic heterocycles. The zero-order chi connectivity index (χ0) is 22.9. The molecular formula is C28H36O4. The predicted octanol–water partition coefficient (Wildman–Crippen LogP) is 5.45. The lowest BCUT2D eigenvalue weighted by Gasteiger charge is -2.16. The Kier molecular flexibility index (Phi) is 9.04. The standard InChI is InChI=1S/C28H36O4/c1-20-17-27(30)26(13-4-2-3-5-14-28(31)32)25(20)16-15-24(29)12-8-9-21-18-22-10-6-7-11-23(22)19-21/h2,4,6-7,10-11,15-17,21,24-26,29H,3,5,8-9,12-14,18-19H2,1H3,(H,31,32)/t24-,25-,26+/m0/s1. The molecule has 2 aliphatic carbocycles. The minimum absolute atomic E-state index is 0.0325. The molecule has 1 aromatic carbocycles. The van der Waals surface area contributed by atoms with E-state index in [2.05, 4.69) is 24.3 Å². The van der Waals surface area contributed by atoms with Crippen LogP contribution < -0.4 is 0 Å². The zero-order valence-corrected chi connectivity index (χ0v) is 19.1. The number of aliphatic carboxylic acids is 1. The summed E-state index contributed by atoms with van der Waals surface area (Å²) in [7, 11) is 0.